The molecule has 0 spiro atoms. The number of nitrogens with zero attached hydrogens (tertiary/aromatic N) is 5. The Kier molecular flexibility index (Phi) is 10.1. The van der Waals surface area contributed by atoms with Crippen molar-refractivity contribution in [1.29, 1.82) is 0 Å². The van der Waals surface area contributed by atoms with Crippen molar-refractivity contribution < 1.29 is 17.9 Å². The van der Waals surface area contributed by atoms with Crippen LogP contribution in [0.2, 0.25) is 0 Å². The van der Waals surface area contributed by atoms with Crippen LogP contribution in [0.4, 0.5) is 34.5 Å². The van der Waals surface area contributed by atoms with Crippen molar-refractivity contribution in [3.8, 4) is 11.5 Å². The number of aromatic nitrogens is 2. The first kappa shape index (κ1) is 33.1. The summed E-state index contributed by atoms with van der Waals surface area (Å²) in [6.07, 6.45) is 6.98. The summed E-state index contributed by atoms with van der Waals surface area (Å²) in [6.45, 7) is 7.17. The monoisotopic (exact) mass is 778 g/mol. The van der Waals surface area contributed by atoms with Crippen molar-refractivity contribution in [2.45, 2.75) is 31.7 Å². The number of methoxy groups -OCH3 is 1. The molecule has 0 bridgehead atoms. The summed E-state index contributed by atoms with van der Waals surface area (Å²) in [5, 5.41) is 6.54. The number of anilines is 6. The number of likely N-dealkylation sites (N-methyl/N-ethyl adjacent to an activating group) is 1. The van der Waals surface area contributed by atoms with Gasteiger partial charge in [0.2, 0.25) is 16.0 Å². The fourth-order valence-corrected chi connectivity index (χ4v) is 7.78. The van der Waals surface area contributed by atoms with Gasteiger partial charge in [0.25, 0.3) is 0 Å². The van der Waals surface area contributed by atoms with Crippen LogP contribution in [0.5, 0.6) is 11.5 Å². The third-order valence-electron chi connectivity index (χ3n) is 8.71. The first-order chi connectivity index (χ1) is 22.1. The van der Waals surface area contributed by atoms with E-state index in [-0.39, 0.29) is 0 Å². The highest BCUT2D eigenvalue weighted by Crippen LogP contribution is 2.40. The molecule has 3 aliphatic rings. The van der Waals surface area contributed by atoms with E-state index in [0.29, 0.717) is 63.9 Å². The minimum absolute atomic E-state index is 0.336. The van der Waals surface area contributed by atoms with Crippen LogP contribution in [0.15, 0.2) is 39.4 Å². The number of rotatable bonds is 9. The minimum atomic E-state index is -3.52. The highest BCUT2D eigenvalue weighted by molar-refractivity contribution is 9.11. The summed E-state index contributed by atoms with van der Waals surface area (Å²) in [6, 6.07) is 8.25. The van der Waals surface area contributed by atoms with E-state index in [1.807, 2.05) is 6.07 Å². The maximum absolute atomic E-state index is 12.1. The molecule has 3 aromatic rings. The standard InChI is InChI=1S/C31H40Br2N8O4S/c1-39-8-4-9-40(13-12-39)21-5-10-41(11-6-21)27-18-29(44-2)26(16-22(27)32)36-31-34-19-23(33)30(37-31)35-24-17-28-20(7-14-45-28)15-25(24)38-46(3,42)43/h15-19,21,38H,4-14H2,1-3H3,(H2,34,35,36,37). The van der Waals surface area contributed by atoms with Crippen LogP contribution in [0.1, 0.15) is 24.8 Å². The van der Waals surface area contributed by atoms with Crippen molar-refractivity contribution in [3.63, 3.8) is 0 Å². The van der Waals surface area contributed by atoms with Gasteiger partial charge in [0.05, 0.1) is 47.2 Å². The summed E-state index contributed by atoms with van der Waals surface area (Å²) < 4.78 is 39.9. The fourth-order valence-electron chi connectivity index (χ4n) is 6.33. The van der Waals surface area contributed by atoms with E-state index in [9.17, 15) is 8.42 Å². The second-order valence-electron chi connectivity index (χ2n) is 12.0. The molecule has 2 saturated heterocycles. The van der Waals surface area contributed by atoms with Crippen molar-refractivity contribution in [2.75, 3.05) is 86.5 Å². The molecule has 1 aromatic heterocycles. The predicted molar refractivity (Wildman–Crippen MR) is 190 cm³/mol. The van der Waals surface area contributed by atoms with Crippen molar-refractivity contribution in [2.24, 2.45) is 0 Å². The Morgan fingerprint density at radius 3 is 2.52 bits per heavy atom. The van der Waals surface area contributed by atoms with Gasteiger partial charge in [-0.15, -0.1) is 0 Å². The quantitative estimate of drug-likeness (QED) is 0.259. The molecule has 15 heteroatoms. The van der Waals surface area contributed by atoms with E-state index >= 15 is 0 Å². The fraction of sp³-hybridized carbons (Fsp3) is 0.484. The smallest absolute Gasteiger partial charge is 0.229 e. The number of halogens is 2. The number of hydrogen-bond donors (Lipinski definition) is 3. The molecule has 2 fully saturated rings. The Labute approximate surface area is 287 Å². The third kappa shape index (κ3) is 7.81. The van der Waals surface area contributed by atoms with E-state index < -0.39 is 10.0 Å². The number of fused-ring (bicyclic) bond motifs is 1. The lowest BCUT2D eigenvalue weighted by Gasteiger charge is -2.39. The zero-order valence-electron chi connectivity index (χ0n) is 26.3. The van der Waals surface area contributed by atoms with Gasteiger partial charge < -0.3 is 29.9 Å². The SMILES string of the molecule is COc1cc(N2CCC(N3CCCN(C)CC3)CC2)c(Br)cc1Nc1ncc(Br)c(Nc2cc3c(cc2NS(C)(=O)=O)CCO3)n1. The molecule has 3 aliphatic heterocycles. The zero-order chi connectivity index (χ0) is 32.4. The van der Waals surface area contributed by atoms with Crippen molar-refractivity contribution in [1.82, 2.24) is 19.8 Å². The summed E-state index contributed by atoms with van der Waals surface area (Å²) in [5.41, 5.74) is 3.67. The molecule has 3 N–H and O–H groups in total. The molecule has 0 saturated carbocycles. The summed E-state index contributed by atoms with van der Waals surface area (Å²) in [7, 11) is 0.357. The Balaban J connectivity index is 1.18. The zero-order valence-corrected chi connectivity index (χ0v) is 30.3. The van der Waals surface area contributed by atoms with E-state index in [4.69, 9.17) is 9.47 Å². The average Bonchev–Trinajstić information content (AvgIpc) is 3.36. The maximum atomic E-state index is 12.1. The van der Waals surface area contributed by atoms with Crippen LogP contribution < -0.4 is 29.7 Å². The number of sulfonamides is 1. The largest absolute Gasteiger partial charge is 0.494 e. The number of benzene rings is 2. The van der Waals surface area contributed by atoms with Gasteiger partial charge in [-0.2, -0.15) is 4.98 Å². The molecule has 12 nitrogen and oxygen atoms in total. The van der Waals surface area contributed by atoms with Crippen molar-refractivity contribution in [3.05, 3.63) is 45.0 Å². The molecular weight excluding hydrogens is 740 g/mol. The van der Waals surface area contributed by atoms with E-state index in [1.165, 1.54) is 19.5 Å². The molecule has 0 radical (unpaired) electrons. The molecule has 6 rings (SSSR count). The van der Waals surface area contributed by atoms with E-state index in [0.717, 1.165) is 61.0 Å². The molecule has 46 heavy (non-hydrogen) atoms. The van der Waals surface area contributed by atoms with Gasteiger partial charge >= 0.3 is 0 Å². The summed E-state index contributed by atoms with van der Waals surface area (Å²) in [5.74, 6) is 2.16. The Bertz CT molecular complexity index is 1690. The van der Waals surface area contributed by atoms with Gasteiger partial charge in [0, 0.05) is 61.4 Å². The van der Waals surface area contributed by atoms with Crippen LogP contribution in [0.25, 0.3) is 0 Å². The van der Waals surface area contributed by atoms with E-state index in [2.05, 4.69) is 85.0 Å². The number of nitrogens with one attached hydrogen (secondary N) is 3. The van der Waals surface area contributed by atoms with Gasteiger partial charge in [0.1, 0.15) is 17.3 Å². The lowest BCUT2D eigenvalue weighted by molar-refractivity contribution is 0.174. The number of piperidine rings is 1. The minimum Gasteiger partial charge on any atom is -0.494 e. The number of hydrogen-bond acceptors (Lipinski definition) is 11. The van der Waals surface area contributed by atoms with Gasteiger partial charge in [0.15, 0.2) is 0 Å². The summed E-state index contributed by atoms with van der Waals surface area (Å²) in [4.78, 5) is 16.7. The molecule has 0 amide bonds. The molecule has 4 heterocycles. The highest BCUT2D eigenvalue weighted by atomic mass is 79.9. The highest BCUT2D eigenvalue weighted by Gasteiger charge is 2.27. The van der Waals surface area contributed by atoms with Gasteiger partial charge in [-0.25, -0.2) is 13.4 Å². The first-order valence-electron chi connectivity index (χ1n) is 15.5. The lowest BCUT2D eigenvalue weighted by Crippen LogP contribution is -2.46. The van der Waals surface area contributed by atoms with E-state index in [1.54, 1.807) is 25.4 Å². The second kappa shape index (κ2) is 14.1. The first-order valence-corrected chi connectivity index (χ1v) is 18.9. The van der Waals surface area contributed by atoms with Crippen molar-refractivity contribution >= 4 is 76.4 Å². The van der Waals surface area contributed by atoms with Gasteiger partial charge in [-0.3, -0.25) is 9.62 Å². The van der Waals surface area contributed by atoms with Gasteiger partial charge in [-0.1, -0.05) is 0 Å². The van der Waals surface area contributed by atoms with Gasteiger partial charge in [-0.05, 0) is 89.0 Å². The second-order valence-corrected chi connectivity index (χ2v) is 15.5. The summed E-state index contributed by atoms with van der Waals surface area (Å²) >= 11 is 7.34. The maximum Gasteiger partial charge on any atom is 0.229 e. The molecule has 0 atom stereocenters. The average molecular weight is 781 g/mol. The number of ether oxygens (including phenoxy) is 2. The Hall–Kier alpha value is -2.85. The normalized spacial score (nSPS) is 18.1. The van der Waals surface area contributed by atoms with Crippen LogP contribution in [-0.2, 0) is 16.4 Å². The molecule has 0 unspecified atom stereocenters. The van der Waals surface area contributed by atoms with Crippen LogP contribution in [0, 0.1) is 0 Å². The Morgan fingerprint density at radius 1 is 0.957 bits per heavy atom. The van der Waals surface area contributed by atoms with Crippen LogP contribution in [0.3, 0.4) is 0 Å². The molecular formula is C31H40Br2N8O4S. The molecule has 248 valence electrons. The predicted octanol–water partition coefficient (Wildman–Crippen LogP) is 5.41. The Morgan fingerprint density at radius 2 is 1.76 bits per heavy atom. The topological polar surface area (TPSA) is 124 Å². The lowest BCUT2D eigenvalue weighted by atomic mass is 10.0. The van der Waals surface area contributed by atoms with Crippen LogP contribution >= 0.6 is 31.9 Å². The third-order valence-corrected chi connectivity index (χ3v) is 10.5. The molecule has 2 aromatic carbocycles. The molecule has 0 aliphatic carbocycles. The van der Waals surface area contributed by atoms with Crippen LogP contribution in [-0.4, -0.2) is 101 Å².